The fourth-order valence-electron chi connectivity index (χ4n) is 2.78. The molecule has 0 saturated carbocycles. The van der Waals surface area contributed by atoms with E-state index in [0.717, 1.165) is 12.0 Å². The van der Waals surface area contributed by atoms with Gasteiger partial charge in [0.15, 0.2) is 0 Å². The Kier molecular flexibility index (Phi) is 6.28. The zero-order valence-corrected chi connectivity index (χ0v) is 15.5. The number of hydrogen-bond acceptors (Lipinski definition) is 4. The predicted molar refractivity (Wildman–Crippen MR) is 95.1 cm³/mol. The molecule has 0 aliphatic carbocycles. The number of benzene rings is 1. The number of amides is 2. The Hall–Kier alpha value is -2.24. The van der Waals surface area contributed by atoms with E-state index < -0.39 is 11.7 Å². The van der Waals surface area contributed by atoms with Crippen LogP contribution in [0.15, 0.2) is 30.3 Å². The van der Waals surface area contributed by atoms with E-state index >= 15 is 0 Å². The highest BCUT2D eigenvalue weighted by molar-refractivity contribution is 5.69. The zero-order chi connectivity index (χ0) is 18.4. The Morgan fingerprint density at radius 2 is 1.96 bits per heavy atom. The molecule has 25 heavy (non-hydrogen) atoms. The molecular formula is C19H28N2O4. The maximum atomic E-state index is 12.2. The molecule has 1 heterocycles. The molecule has 1 N–H and O–H groups in total. The topological polar surface area (TPSA) is 67.9 Å². The van der Waals surface area contributed by atoms with Gasteiger partial charge >= 0.3 is 12.2 Å². The van der Waals surface area contributed by atoms with Crippen molar-refractivity contribution in [1.82, 2.24) is 10.2 Å². The maximum Gasteiger partial charge on any atom is 0.410 e. The van der Waals surface area contributed by atoms with Crippen LogP contribution in [-0.2, 0) is 16.1 Å². The zero-order valence-electron chi connectivity index (χ0n) is 15.5. The molecule has 2 amide bonds. The molecule has 1 saturated heterocycles. The third kappa shape index (κ3) is 6.29. The van der Waals surface area contributed by atoms with Crippen LogP contribution in [0.5, 0.6) is 0 Å². The number of rotatable bonds is 4. The molecule has 138 valence electrons. The van der Waals surface area contributed by atoms with E-state index in [9.17, 15) is 9.59 Å². The minimum atomic E-state index is -0.521. The normalized spacial score (nSPS) is 18.6. The first-order valence-corrected chi connectivity index (χ1v) is 8.70. The Morgan fingerprint density at radius 1 is 1.28 bits per heavy atom. The summed E-state index contributed by atoms with van der Waals surface area (Å²) in [6.45, 7) is 8.91. The molecule has 0 spiro atoms. The number of carbonyl (C=O) groups is 2. The largest absolute Gasteiger partial charge is 0.445 e. The smallest absolute Gasteiger partial charge is 0.410 e. The van der Waals surface area contributed by atoms with Crippen LogP contribution in [0.4, 0.5) is 9.59 Å². The summed E-state index contributed by atoms with van der Waals surface area (Å²) in [7, 11) is 0. The van der Waals surface area contributed by atoms with Gasteiger partial charge in [-0.25, -0.2) is 9.59 Å². The fraction of sp³-hybridized carbons (Fsp3) is 0.579. The minimum absolute atomic E-state index is 0.0678. The lowest BCUT2D eigenvalue weighted by atomic mass is 10.0. The van der Waals surface area contributed by atoms with E-state index in [1.165, 1.54) is 0 Å². The molecule has 1 aliphatic heterocycles. The van der Waals surface area contributed by atoms with Crippen molar-refractivity contribution in [2.75, 3.05) is 13.1 Å². The van der Waals surface area contributed by atoms with Crippen molar-refractivity contribution in [2.24, 2.45) is 5.92 Å². The number of alkyl carbamates (subject to hydrolysis) is 1. The van der Waals surface area contributed by atoms with Gasteiger partial charge in [0.2, 0.25) is 0 Å². The number of likely N-dealkylation sites (tertiary alicyclic amines) is 1. The van der Waals surface area contributed by atoms with Crippen molar-refractivity contribution < 1.29 is 19.1 Å². The Bertz CT molecular complexity index is 583. The summed E-state index contributed by atoms with van der Waals surface area (Å²) in [5.41, 5.74) is 0.443. The molecule has 0 aromatic heterocycles. The van der Waals surface area contributed by atoms with Crippen molar-refractivity contribution >= 4 is 12.2 Å². The summed E-state index contributed by atoms with van der Waals surface area (Å²) in [4.78, 5) is 25.7. The Balaban J connectivity index is 1.76. The summed E-state index contributed by atoms with van der Waals surface area (Å²) in [6.07, 6.45) is 0.0955. The standard InChI is InChI=1S/C19H28N2O4/c1-14(20-17(22)25-19(2,3)4)16-10-11-21(12-16)18(23)24-13-15-8-6-5-7-9-15/h5-9,14,16H,10-13H2,1-4H3,(H,20,22)/t14-,16?/m0/s1. The van der Waals surface area contributed by atoms with Crippen molar-refractivity contribution in [3.63, 3.8) is 0 Å². The molecule has 1 aromatic rings. The van der Waals surface area contributed by atoms with Gasteiger partial charge < -0.3 is 19.7 Å². The van der Waals surface area contributed by atoms with Crippen molar-refractivity contribution in [3.8, 4) is 0 Å². The number of nitrogens with one attached hydrogen (secondary N) is 1. The van der Waals surface area contributed by atoms with Crippen LogP contribution in [0.25, 0.3) is 0 Å². The van der Waals surface area contributed by atoms with E-state index in [2.05, 4.69) is 5.32 Å². The lowest BCUT2D eigenvalue weighted by Gasteiger charge is -2.24. The van der Waals surface area contributed by atoms with E-state index in [-0.39, 0.29) is 24.7 Å². The van der Waals surface area contributed by atoms with Gasteiger partial charge in [-0.05, 0) is 45.6 Å². The second-order valence-electron chi connectivity index (χ2n) is 7.47. The van der Waals surface area contributed by atoms with Crippen LogP contribution in [0.1, 0.15) is 39.7 Å². The highest BCUT2D eigenvalue weighted by Gasteiger charge is 2.32. The van der Waals surface area contributed by atoms with Crippen LogP contribution >= 0.6 is 0 Å². The van der Waals surface area contributed by atoms with Gasteiger partial charge in [0.1, 0.15) is 12.2 Å². The molecule has 0 bridgehead atoms. The number of nitrogens with zero attached hydrogens (tertiary/aromatic N) is 1. The van der Waals surface area contributed by atoms with Crippen molar-refractivity contribution in [3.05, 3.63) is 35.9 Å². The van der Waals surface area contributed by atoms with Gasteiger partial charge in [0.25, 0.3) is 0 Å². The van der Waals surface area contributed by atoms with E-state index in [1.54, 1.807) is 4.90 Å². The highest BCUT2D eigenvalue weighted by atomic mass is 16.6. The van der Waals surface area contributed by atoms with Crippen LogP contribution in [0.2, 0.25) is 0 Å². The number of ether oxygens (including phenoxy) is 2. The van der Waals surface area contributed by atoms with Gasteiger partial charge in [-0.15, -0.1) is 0 Å². The first-order valence-electron chi connectivity index (χ1n) is 8.70. The average molecular weight is 348 g/mol. The predicted octanol–water partition coefficient (Wildman–Crippen LogP) is 3.56. The summed E-state index contributed by atoms with van der Waals surface area (Å²) in [5.74, 6) is 0.191. The molecule has 1 unspecified atom stereocenters. The number of carbonyl (C=O) groups excluding carboxylic acids is 2. The summed E-state index contributed by atoms with van der Waals surface area (Å²) in [5, 5.41) is 2.86. The SMILES string of the molecule is C[C@H](NC(=O)OC(C)(C)C)C1CCN(C(=O)OCc2ccccc2)C1. The van der Waals surface area contributed by atoms with E-state index in [1.807, 2.05) is 58.0 Å². The van der Waals surface area contributed by atoms with Gasteiger partial charge in [-0.2, -0.15) is 0 Å². The van der Waals surface area contributed by atoms with Gasteiger partial charge in [-0.1, -0.05) is 30.3 Å². The molecule has 2 atom stereocenters. The monoisotopic (exact) mass is 348 g/mol. The average Bonchev–Trinajstić information content (AvgIpc) is 3.02. The van der Waals surface area contributed by atoms with E-state index in [0.29, 0.717) is 13.1 Å². The minimum Gasteiger partial charge on any atom is -0.445 e. The first kappa shape index (κ1) is 19.1. The second-order valence-corrected chi connectivity index (χ2v) is 7.47. The lowest BCUT2D eigenvalue weighted by Crippen LogP contribution is -2.42. The quantitative estimate of drug-likeness (QED) is 0.903. The maximum absolute atomic E-state index is 12.2. The molecule has 1 fully saturated rings. The van der Waals surface area contributed by atoms with Crippen LogP contribution in [0.3, 0.4) is 0 Å². The van der Waals surface area contributed by atoms with Gasteiger partial charge in [0.05, 0.1) is 0 Å². The van der Waals surface area contributed by atoms with Gasteiger partial charge in [0, 0.05) is 19.1 Å². The Labute approximate surface area is 149 Å². The van der Waals surface area contributed by atoms with Crippen LogP contribution in [-0.4, -0.2) is 41.8 Å². The van der Waals surface area contributed by atoms with Crippen LogP contribution < -0.4 is 5.32 Å². The fourth-order valence-corrected chi connectivity index (χ4v) is 2.78. The molecule has 1 aliphatic rings. The second kappa shape index (κ2) is 8.23. The number of hydrogen-bond donors (Lipinski definition) is 1. The summed E-state index contributed by atoms with van der Waals surface area (Å²) in [6, 6.07) is 9.54. The molecule has 1 aromatic carbocycles. The highest BCUT2D eigenvalue weighted by Crippen LogP contribution is 2.21. The summed E-state index contributed by atoms with van der Waals surface area (Å²) < 4.78 is 10.6. The van der Waals surface area contributed by atoms with Crippen molar-refractivity contribution in [1.29, 1.82) is 0 Å². The van der Waals surface area contributed by atoms with Crippen molar-refractivity contribution in [2.45, 2.75) is 52.4 Å². The molecular weight excluding hydrogens is 320 g/mol. The molecule has 2 rings (SSSR count). The first-order chi connectivity index (χ1) is 11.7. The molecule has 6 nitrogen and oxygen atoms in total. The summed E-state index contributed by atoms with van der Waals surface area (Å²) >= 11 is 0. The van der Waals surface area contributed by atoms with Gasteiger partial charge in [-0.3, -0.25) is 0 Å². The Morgan fingerprint density at radius 3 is 2.60 bits per heavy atom. The van der Waals surface area contributed by atoms with Crippen LogP contribution in [0, 0.1) is 5.92 Å². The lowest BCUT2D eigenvalue weighted by molar-refractivity contribution is 0.0492. The third-order valence-electron chi connectivity index (χ3n) is 4.14. The third-order valence-corrected chi connectivity index (χ3v) is 4.14. The molecule has 0 radical (unpaired) electrons. The van der Waals surface area contributed by atoms with E-state index in [4.69, 9.17) is 9.47 Å². The molecule has 6 heteroatoms.